The zero-order chi connectivity index (χ0) is 11.1. The number of ether oxygens (including phenoxy) is 1. The molecule has 1 atom stereocenters. The molecule has 1 aromatic rings. The molecule has 0 aliphatic carbocycles. The lowest BCUT2D eigenvalue weighted by Crippen LogP contribution is -2.23. The molecule has 1 N–H and O–H groups in total. The molecule has 0 fully saturated rings. The third-order valence-electron chi connectivity index (χ3n) is 2.59. The number of methoxy groups -OCH3 is 1. The van der Waals surface area contributed by atoms with Crippen molar-refractivity contribution in [3.8, 4) is 0 Å². The average molecular weight is 207 g/mol. The first-order valence-corrected chi connectivity index (χ1v) is 5.64. The van der Waals surface area contributed by atoms with Gasteiger partial charge in [0, 0.05) is 18.8 Å². The van der Waals surface area contributed by atoms with Crippen molar-refractivity contribution in [1.29, 1.82) is 0 Å². The quantitative estimate of drug-likeness (QED) is 0.774. The molecule has 2 nitrogen and oxygen atoms in total. The molecule has 1 rings (SSSR count). The summed E-state index contributed by atoms with van der Waals surface area (Å²) in [6.45, 7) is 5.09. The van der Waals surface area contributed by atoms with Crippen LogP contribution in [0.2, 0.25) is 0 Å². The Morgan fingerprint density at radius 1 is 1.20 bits per heavy atom. The van der Waals surface area contributed by atoms with Crippen LogP contribution in [0.4, 0.5) is 5.69 Å². The third kappa shape index (κ3) is 3.92. The highest BCUT2D eigenvalue weighted by molar-refractivity contribution is 5.45. The largest absolute Gasteiger partial charge is 0.383 e. The van der Waals surface area contributed by atoms with Gasteiger partial charge in [0.1, 0.15) is 0 Å². The Hall–Kier alpha value is -1.02. The number of benzene rings is 1. The molecule has 0 amide bonds. The van der Waals surface area contributed by atoms with Crippen LogP contribution in [0.15, 0.2) is 24.3 Å². The van der Waals surface area contributed by atoms with Crippen LogP contribution < -0.4 is 5.32 Å². The lowest BCUT2D eigenvalue weighted by Gasteiger charge is -2.17. The van der Waals surface area contributed by atoms with Crippen molar-refractivity contribution >= 4 is 5.69 Å². The van der Waals surface area contributed by atoms with Crippen LogP contribution in [0.1, 0.15) is 25.8 Å². The second-order valence-electron chi connectivity index (χ2n) is 3.76. The van der Waals surface area contributed by atoms with Gasteiger partial charge in [0.2, 0.25) is 0 Å². The molecule has 0 aliphatic heterocycles. The molecule has 0 spiro atoms. The second-order valence-corrected chi connectivity index (χ2v) is 3.76. The van der Waals surface area contributed by atoms with E-state index in [1.165, 1.54) is 11.3 Å². The van der Waals surface area contributed by atoms with E-state index in [0.29, 0.717) is 6.04 Å². The second kappa shape index (κ2) is 6.46. The molecule has 0 heterocycles. The van der Waals surface area contributed by atoms with E-state index in [0.717, 1.165) is 19.4 Å². The minimum atomic E-state index is 0.405. The Kier molecular flexibility index (Phi) is 5.19. The lowest BCUT2D eigenvalue weighted by atomic mass is 10.1. The van der Waals surface area contributed by atoms with Crippen molar-refractivity contribution in [3.05, 3.63) is 29.8 Å². The van der Waals surface area contributed by atoms with Gasteiger partial charge in [0.15, 0.2) is 0 Å². The van der Waals surface area contributed by atoms with Crippen LogP contribution in [0, 0.1) is 0 Å². The highest BCUT2D eigenvalue weighted by Gasteiger charge is 2.04. The number of rotatable bonds is 6. The summed E-state index contributed by atoms with van der Waals surface area (Å²) in [5, 5.41) is 3.46. The number of aryl methyl sites for hydroxylation is 1. The van der Waals surface area contributed by atoms with E-state index >= 15 is 0 Å². The van der Waals surface area contributed by atoms with Crippen molar-refractivity contribution in [3.63, 3.8) is 0 Å². The van der Waals surface area contributed by atoms with Crippen molar-refractivity contribution in [2.75, 3.05) is 19.0 Å². The molecule has 0 radical (unpaired) electrons. The minimum absolute atomic E-state index is 0.405. The van der Waals surface area contributed by atoms with Crippen molar-refractivity contribution in [2.45, 2.75) is 32.7 Å². The summed E-state index contributed by atoms with van der Waals surface area (Å²) in [6, 6.07) is 9.01. The van der Waals surface area contributed by atoms with Gasteiger partial charge in [-0.25, -0.2) is 0 Å². The van der Waals surface area contributed by atoms with Crippen LogP contribution in [-0.4, -0.2) is 19.8 Å². The molecule has 0 aliphatic rings. The molecule has 0 saturated heterocycles. The normalized spacial score (nSPS) is 12.5. The summed E-state index contributed by atoms with van der Waals surface area (Å²) in [6.07, 6.45) is 2.17. The fraction of sp³-hybridized carbons (Fsp3) is 0.538. The van der Waals surface area contributed by atoms with Gasteiger partial charge in [0.25, 0.3) is 0 Å². The number of nitrogens with one attached hydrogen (secondary N) is 1. The molecule has 1 unspecified atom stereocenters. The van der Waals surface area contributed by atoms with Gasteiger partial charge in [0.05, 0.1) is 6.61 Å². The first-order valence-electron chi connectivity index (χ1n) is 5.64. The van der Waals surface area contributed by atoms with Gasteiger partial charge < -0.3 is 10.1 Å². The fourth-order valence-corrected chi connectivity index (χ4v) is 1.54. The van der Waals surface area contributed by atoms with Crippen LogP contribution in [0.3, 0.4) is 0 Å². The molecule has 0 bridgehead atoms. The van der Waals surface area contributed by atoms with Crippen molar-refractivity contribution < 1.29 is 4.74 Å². The maximum atomic E-state index is 5.15. The Labute approximate surface area is 92.6 Å². The van der Waals surface area contributed by atoms with E-state index < -0.39 is 0 Å². The van der Waals surface area contributed by atoms with E-state index in [2.05, 4.69) is 43.4 Å². The Bertz CT molecular complexity index is 268. The Balaban J connectivity index is 2.55. The smallest absolute Gasteiger partial charge is 0.0663 e. The predicted molar refractivity (Wildman–Crippen MR) is 65.4 cm³/mol. The summed E-state index contributed by atoms with van der Waals surface area (Å²) < 4.78 is 5.15. The summed E-state index contributed by atoms with van der Waals surface area (Å²) in [5.74, 6) is 0. The summed E-state index contributed by atoms with van der Waals surface area (Å²) in [4.78, 5) is 0. The zero-order valence-electron chi connectivity index (χ0n) is 9.92. The van der Waals surface area contributed by atoms with E-state index in [9.17, 15) is 0 Å². The number of anilines is 1. The lowest BCUT2D eigenvalue weighted by molar-refractivity contribution is 0.184. The van der Waals surface area contributed by atoms with E-state index in [1.54, 1.807) is 7.11 Å². The first kappa shape index (κ1) is 12.1. The van der Waals surface area contributed by atoms with Gasteiger partial charge in [-0.1, -0.05) is 26.0 Å². The topological polar surface area (TPSA) is 21.3 Å². The highest BCUT2D eigenvalue weighted by Crippen LogP contribution is 2.12. The maximum absolute atomic E-state index is 5.15. The van der Waals surface area contributed by atoms with E-state index in [4.69, 9.17) is 4.74 Å². The fourth-order valence-electron chi connectivity index (χ4n) is 1.54. The van der Waals surface area contributed by atoms with Gasteiger partial charge in [-0.15, -0.1) is 0 Å². The summed E-state index contributed by atoms with van der Waals surface area (Å²) >= 11 is 0. The molecule has 0 saturated carbocycles. The third-order valence-corrected chi connectivity index (χ3v) is 2.59. The molecule has 2 heteroatoms. The summed E-state index contributed by atoms with van der Waals surface area (Å²) in [7, 11) is 1.74. The molecular formula is C13H21NO. The number of hydrogen-bond donors (Lipinski definition) is 1. The van der Waals surface area contributed by atoms with Crippen LogP contribution >= 0.6 is 0 Å². The summed E-state index contributed by atoms with van der Waals surface area (Å²) in [5.41, 5.74) is 2.55. The van der Waals surface area contributed by atoms with Crippen LogP contribution in [-0.2, 0) is 11.2 Å². The van der Waals surface area contributed by atoms with E-state index in [-0.39, 0.29) is 0 Å². The van der Waals surface area contributed by atoms with Gasteiger partial charge in [-0.3, -0.25) is 0 Å². The predicted octanol–water partition coefficient (Wildman–Crippen LogP) is 3.09. The number of hydrogen-bond acceptors (Lipinski definition) is 2. The van der Waals surface area contributed by atoms with Crippen molar-refractivity contribution in [2.24, 2.45) is 0 Å². The molecule has 1 aromatic carbocycles. The SMILES string of the molecule is CCc1ccc(NC(CC)COC)cc1. The first-order chi connectivity index (χ1) is 7.30. The monoisotopic (exact) mass is 207 g/mol. The molecule has 0 aromatic heterocycles. The highest BCUT2D eigenvalue weighted by atomic mass is 16.5. The van der Waals surface area contributed by atoms with Gasteiger partial charge in [-0.2, -0.15) is 0 Å². The Morgan fingerprint density at radius 3 is 2.33 bits per heavy atom. The maximum Gasteiger partial charge on any atom is 0.0663 e. The van der Waals surface area contributed by atoms with Crippen molar-refractivity contribution in [1.82, 2.24) is 0 Å². The van der Waals surface area contributed by atoms with Gasteiger partial charge in [-0.05, 0) is 30.5 Å². The minimum Gasteiger partial charge on any atom is -0.383 e. The molecule has 84 valence electrons. The zero-order valence-corrected chi connectivity index (χ0v) is 9.92. The van der Waals surface area contributed by atoms with Crippen LogP contribution in [0.25, 0.3) is 0 Å². The molecular weight excluding hydrogens is 186 g/mol. The molecule has 15 heavy (non-hydrogen) atoms. The average Bonchev–Trinajstić information content (AvgIpc) is 2.29. The standard InChI is InChI=1S/C13H21NO/c1-4-11-6-8-13(9-7-11)14-12(5-2)10-15-3/h6-9,12,14H,4-5,10H2,1-3H3. The van der Waals surface area contributed by atoms with Gasteiger partial charge >= 0.3 is 0 Å². The Morgan fingerprint density at radius 2 is 1.87 bits per heavy atom. The van der Waals surface area contributed by atoms with E-state index in [1.807, 2.05) is 0 Å². The van der Waals surface area contributed by atoms with Crippen LogP contribution in [0.5, 0.6) is 0 Å².